The molecule has 0 saturated heterocycles. The largest absolute Gasteiger partial charge is 0.322 e. The van der Waals surface area contributed by atoms with E-state index in [1.165, 1.54) is 5.56 Å². The summed E-state index contributed by atoms with van der Waals surface area (Å²) in [5.74, 6) is 0.132. The summed E-state index contributed by atoms with van der Waals surface area (Å²) in [5.41, 5.74) is 6.80. The summed E-state index contributed by atoms with van der Waals surface area (Å²) in [6, 6.07) is 7.86. The molecular formula is C14H20BrNO. The van der Waals surface area contributed by atoms with E-state index in [0.717, 1.165) is 10.9 Å². The van der Waals surface area contributed by atoms with Crippen molar-refractivity contribution in [3.8, 4) is 0 Å². The van der Waals surface area contributed by atoms with Crippen LogP contribution in [0.25, 0.3) is 0 Å². The van der Waals surface area contributed by atoms with Crippen molar-refractivity contribution in [1.29, 1.82) is 0 Å². The minimum atomic E-state index is -0.362. The van der Waals surface area contributed by atoms with Gasteiger partial charge in [0.05, 0.1) is 6.04 Å². The molecule has 17 heavy (non-hydrogen) atoms. The number of carbonyl (C=O) groups is 1. The fraction of sp³-hybridized carbons (Fsp3) is 0.500. The van der Waals surface area contributed by atoms with Gasteiger partial charge in [-0.3, -0.25) is 4.79 Å². The lowest BCUT2D eigenvalue weighted by molar-refractivity contribution is -0.121. The molecule has 0 aliphatic carbocycles. The fourth-order valence-electron chi connectivity index (χ4n) is 1.85. The van der Waals surface area contributed by atoms with Crippen LogP contribution < -0.4 is 5.73 Å². The number of hydrogen-bond acceptors (Lipinski definition) is 2. The smallest absolute Gasteiger partial charge is 0.149 e. The molecule has 1 atom stereocenters. The third-order valence-electron chi connectivity index (χ3n) is 2.76. The van der Waals surface area contributed by atoms with Crippen molar-refractivity contribution in [2.24, 2.45) is 11.1 Å². The number of benzene rings is 1. The molecule has 2 nitrogen and oxygen atoms in total. The van der Waals surface area contributed by atoms with Crippen LogP contribution in [-0.2, 0) is 11.2 Å². The summed E-state index contributed by atoms with van der Waals surface area (Å²) < 4.78 is 1.07. The zero-order valence-electron chi connectivity index (χ0n) is 10.7. The van der Waals surface area contributed by atoms with Crippen molar-refractivity contribution in [2.75, 3.05) is 0 Å². The topological polar surface area (TPSA) is 43.1 Å². The van der Waals surface area contributed by atoms with E-state index in [0.29, 0.717) is 6.42 Å². The molecule has 0 aromatic heterocycles. The van der Waals surface area contributed by atoms with Crippen LogP contribution in [0.5, 0.6) is 0 Å². The maximum atomic E-state index is 11.7. The molecule has 0 amide bonds. The van der Waals surface area contributed by atoms with Crippen LogP contribution in [-0.4, -0.2) is 11.8 Å². The molecule has 1 rings (SSSR count). The van der Waals surface area contributed by atoms with E-state index in [2.05, 4.69) is 41.9 Å². The molecule has 94 valence electrons. The fourth-order valence-corrected chi connectivity index (χ4v) is 2.11. The number of carbonyl (C=O) groups excluding carboxylic acids is 1. The average Bonchev–Trinajstić information content (AvgIpc) is 2.20. The van der Waals surface area contributed by atoms with Crippen LogP contribution >= 0.6 is 15.9 Å². The highest BCUT2D eigenvalue weighted by molar-refractivity contribution is 9.10. The predicted molar refractivity (Wildman–Crippen MR) is 74.9 cm³/mol. The summed E-state index contributed by atoms with van der Waals surface area (Å²) in [6.45, 7) is 5.96. The Morgan fingerprint density at radius 2 is 1.88 bits per heavy atom. The highest BCUT2D eigenvalue weighted by Gasteiger charge is 2.23. The van der Waals surface area contributed by atoms with E-state index in [1.807, 2.05) is 12.1 Å². The maximum absolute atomic E-state index is 11.7. The molecule has 3 heteroatoms. The Hall–Kier alpha value is -0.670. The van der Waals surface area contributed by atoms with E-state index in [-0.39, 0.29) is 17.2 Å². The molecule has 0 fully saturated rings. The van der Waals surface area contributed by atoms with Gasteiger partial charge in [0.15, 0.2) is 0 Å². The first-order chi connectivity index (χ1) is 7.80. The zero-order valence-corrected chi connectivity index (χ0v) is 12.3. The van der Waals surface area contributed by atoms with Gasteiger partial charge in [-0.05, 0) is 36.5 Å². The van der Waals surface area contributed by atoms with Crippen molar-refractivity contribution in [1.82, 2.24) is 0 Å². The van der Waals surface area contributed by atoms with Crippen molar-refractivity contribution in [2.45, 2.75) is 39.7 Å². The van der Waals surface area contributed by atoms with Gasteiger partial charge in [0, 0.05) is 10.9 Å². The minimum absolute atomic E-state index is 0.0431. The Morgan fingerprint density at radius 1 is 1.35 bits per heavy atom. The normalized spacial score (nSPS) is 13.5. The Morgan fingerprint density at radius 3 is 2.35 bits per heavy atom. The number of Topliss-reactive ketones (excluding diaryl/α,β-unsaturated/α-hetero) is 1. The van der Waals surface area contributed by atoms with Gasteiger partial charge >= 0.3 is 0 Å². The lowest BCUT2D eigenvalue weighted by Gasteiger charge is -2.24. The van der Waals surface area contributed by atoms with Crippen LogP contribution in [0.3, 0.4) is 0 Å². The standard InChI is InChI=1S/C14H20BrNO/c1-10(16)13(17)9-14(2,3)8-11-4-6-12(15)7-5-11/h4-7,10H,8-9,16H2,1-3H3. The molecule has 1 unspecified atom stereocenters. The molecule has 0 aliphatic heterocycles. The third kappa shape index (κ3) is 5.00. The van der Waals surface area contributed by atoms with E-state index >= 15 is 0 Å². The molecule has 0 heterocycles. The highest BCUT2D eigenvalue weighted by atomic mass is 79.9. The maximum Gasteiger partial charge on any atom is 0.149 e. The molecule has 0 bridgehead atoms. The van der Waals surface area contributed by atoms with Crippen molar-refractivity contribution < 1.29 is 4.79 Å². The zero-order chi connectivity index (χ0) is 13.1. The van der Waals surface area contributed by atoms with Gasteiger partial charge < -0.3 is 5.73 Å². The average molecular weight is 298 g/mol. The molecule has 0 radical (unpaired) electrons. The van der Waals surface area contributed by atoms with Gasteiger partial charge in [-0.1, -0.05) is 41.9 Å². The van der Waals surface area contributed by atoms with Gasteiger partial charge in [-0.25, -0.2) is 0 Å². The first-order valence-corrected chi connectivity index (χ1v) is 6.62. The SMILES string of the molecule is CC(N)C(=O)CC(C)(C)Cc1ccc(Br)cc1. The van der Waals surface area contributed by atoms with Crippen molar-refractivity contribution in [3.05, 3.63) is 34.3 Å². The molecule has 1 aromatic rings. The molecule has 0 saturated carbocycles. The lowest BCUT2D eigenvalue weighted by atomic mass is 9.80. The molecule has 0 spiro atoms. The van der Waals surface area contributed by atoms with Gasteiger partial charge in [0.25, 0.3) is 0 Å². The van der Waals surface area contributed by atoms with Crippen molar-refractivity contribution in [3.63, 3.8) is 0 Å². The Bertz CT molecular complexity index is 382. The van der Waals surface area contributed by atoms with E-state index < -0.39 is 0 Å². The van der Waals surface area contributed by atoms with Gasteiger partial charge in [-0.2, -0.15) is 0 Å². The monoisotopic (exact) mass is 297 g/mol. The van der Waals surface area contributed by atoms with E-state index in [4.69, 9.17) is 5.73 Å². The Kier molecular flexibility index (Phi) is 4.90. The number of halogens is 1. The van der Waals surface area contributed by atoms with Gasteiger partial charge in [0.1, 0.15) is 5.78 Å². The first-order valence-electron chi connectivity index (χ1n) is 5.83. The van der Waals surface area contributed by atoms with Crippen LogP contribution in [0.1, 0.15) is 32.8 Å². The second kappa shape index (κ2) is 5.78. The highest BCUT2D eigenvalue weighted by Crippen LogP contribution is 2.27. The quantitative estimate of drug-likeness (QED) is 0.906. The van der Waals surface area contributed by atoms with E-state index in [9.17, 15) is 4.79 Å². The Balaban J connectivity index is 2.66. The number of rotatable bonds is 5. The lowest BCUT2D eigenvalue weighted by Crippen LogP contribution is -2.31. The summed E-state index contributed by atoms with van der Waals surface area (Å²) in [5, 5.41) is 0. The van der Waals surface area contributed by atoms with Crippen LogP contribution in [0.15, 0.2) is 28.7 Å². The number of nitrogens with two attached hydrogens (primary N) is 1. The predicted octanol–water partition coefficient (Wildman–Crippen LogP) is 3.32. The van der Waals surface area contributed by atoms with Crippen molar-refractivity contribution >= 4 is 21.7 Å². The third-order valence-corrected chi connectivity index (χ3v) is 3.29. The van der Waals surface area contributed by atoms with E-state index in [1.54, 1.807) is 6.92 Å². The number of hydrogen-bond donors (Lipinski definition) is 1. The molecule has 2 N–H and O–H groups in total. The van der Waals surface area contributed by atoms with Crippen LogP contribution in [0.4, 0.5) is 0 Å². The van der Waals surface area contributed by atoms with Crippen LogP contribution in [0.2, 0.25) is 0 Å². The Labute approximate surface area is 112 Å². The number of ketones is 1. The minimum Gasteiger partial charge on any atom is -0.322 e. The summed E-state index contributed by atoms with van der Waals surface area (Å²) in [7, 11) is 0. The van der Waals surface area contributed by atoms with Gasteiger partial charge in [-0.15, -0.1) is 0 Å². The summed E-state index contributed by atoms with van der Waals surface area (Å²) >= 11 is 3.41. The first kappa shape index (κ1) is 14.4. The second-order valence-electron chi connectivity index (χ2n) is 5.40. The molecule has 1 aromatic carbocycles. The summed E-state index contributed by atoms with van der Waals surface area (Å²) in [4.78, 5) is 11.7. The molecule has 0 aliphatic rings. The molecular weight excluding hydrogens is 278 g/mol. The second-order valence-corrected chi connectivity index (χ2v) is 6.31. The van der Waals surface area contributed by atoms with Crippen LogP contribution in [0, 0.1) is 5.41 Å². The van der Waals surface area contributed by atoms with Gasteiger partial charge in [0.2, 0.25) is 0 Å². The summed E-state index contributed by atoms with van der Waals surface area (Å²) in [6.07, 6.45) is 1.42.